The summed E-state index contributed by atoms with van der Waals surface area (Å²) >= 11 is 6.25. The van der Waals surface area contributed by atoms with E-state index in [1.54, 1.807) is 37.5 Å². The zero-order valence-corrected chi connectivity index (χ0v) is 18.0. The largest absolute Gasteiger partial charge is 0.497 e. The topological polar surface area (TPSA) is 149 Å². The molecule has 2 fully saturated rings. The van der Waals surface area contributed by atoms with Crippen molar-refractivity contribution in [1.82, 2.24) is 10.2 Å². The van der Waals surface area contributed by atoms with E-state index in [0.717, 1.165) is 22.2 Å². The molecule has 5 atom stereocenters. The van der Waals surface area contributed by atoms with Crippen LogP contribution in [0.4, 0.5) is 0 Å². The van der Waals surface area contributed by atoms with E-state index in [9.17, 15) is 24.9 Å². The van der Waals surface area contributed by atoms with E-state index in [2.05, 4.69) is 5.32 Å². The van der Waals surface area contributed by atoms with Crippen molar-refractivity contribution in [1.29, 1.82) is 0 Å². The second-order valence-electron chi connectivity index (χ2n) is 6.86. The van der Waals surface area contributed by atoms with Crippen molar-refractivity contribution < 1.29 is 39.5 Å². The number of carbonyl (C=O) groups excluding carboxylic acids is 2. The SMILES string of the molecule is COc1ccc(C=C2SC(=S)N(CC(=O)NC3C(O)OC(CO)C(O)C3O)C2=O)cc1. The Hall–Kier alpha value is -2.06. The van der Waals surface area contributed by atoms with E-state index in [-0.39, 0.29) is 4.32 Å². The highest BCUT2D eigenvalue weighted by Gasteiger charge is 2.44. The minimum absolute atomic E-state index is 0.182. The van der Waals surface area contributed by atoms with Crippen LogP contribution in [0.25, 0.3) is 6.08 Å². The van der Waals surface area contributed by atoms with Crippen molar-refractivity contribution in [2.75, 3.05) is 20.3 Å². The summed E-state index contributed by atoms with van der Waals surface area (Å²) in [7, 11) is 1.55. The molecule has 2 amide bonds. The molecule has 0 spiro atoms. The van der Waals surface area contributed by atoms with Crippen LogP contribution in [0.15, 0.2) is 29.2 Å². The minimum Gasteiger partial charge on any atom is -0.497 e. The summed E-state index contributed by atoms with van der Waals surface area (Å²) in [6, 6.07) is 5.69. The number of methoxy groups -OCH3 is 1. The highest BCUT2D eigenvalue weighted by atomic mass is 32.2. The van der Waals surface area contributed by atoms with Crippen LogP contribution in [0.5, 0.6) is 5.75 Å². The highest BCUT2D eigenvalue weighted by molar-refractivity contribution is 8.26. The fraction of sp³-hybridized carbons (Fsp3) is 0.421. The van der Waals surface area contributed by atoms with Gasteiger partial charge in [0.05, 0.1) is 18.6 Å². The minimum atomic E-state index is -1.65. The third-order valence-electron chi connectivity index (χ3n) is 4.82. The zero-order chi connectivity index (χ0) is 22.7. The van der Waals surface area contributed by atoms with E-state index < -0.39 is 55.6 Å². The Bertz CT molecular complexity index is 878. The number of rotatable bonds is 6. The van der Waals surface area contributed by atoms with Gasteiger partial charge in [-0.2, -0.15) is 0 Å². The Morgan fingerprint density at radius 2 is 1.97 bits per heavy atom. The average Bonchev–Trinajstić information content (AvgIpc) is 3.01. The van der Waals surface area contributed by atoms with E-state index >= 15 is 0 Å². The number of thioether (sulfide) groups is 1. The Kier molecular flexibility index (Phi) is 7.64. The second-order valence-corrected chi connectivity index (χ2v) is 8.54. The molecular formula is C19H22N2O8S2. The molecule has 2 aliphatic heterocycles. The van der Waals surface area contributed by atoms with Gasteiger partial charge in [0.2, 0.25) is 5.91 Å². The first-order chi connectivity index (χ1) is 14.7. The van der Waals surface area contributed by atoms with Gasteiger partial charge < -0.3 is 35.2 Å². The predicted octanol–water partition coefficient (Wildman–Crippen LogP) is -1.19. The van der Waals surface area contributed by atoms with E-state index in [0.29, 0.717) is 10.7 Å². The maximum absolute atomic E-state index is 12.7. The van der Waals surface area contributed by atoms with E-state index in [1.807, 2.05) is 0 Å². The van der Waals surface area contributed by atoms with Crippen molar-refractivity contribution in [2.45, 2.75) is 30.6 Å². The molecule has 2 saturated heterocycles. The lowest BCUT2D eigenvalue weighted by molar-refractivity contribution is -0.253. The van der Waals surface area contributed by atoms with Crippen LogP contribution >= 0.6 is 24.0 Å². The summed E-state index contributed by atoms with van der Waals surface area (Å²) in [5.74, 6) is -0.501. The molecule has 0 saturated carbocycles. The maximum atomic E-state index is 12.7. The lowest BCUT2D eigenvalue weighted by atomic mass is 9.97. The number of carbonyl (C=O) groups is 2. The van der Waals surface area contributed by atoms with Gasteiger partial charge in [0.15, 0.2) is 6.29 Å². The molecule has 0 aliphatic carbocycles. The molecule has 1 aromatic carbocycles. The standard InChI is InChI=1S/C19H22N2O8S2/c1-28-10-4-2-9(3-5-10)6-12-17(26)21(19(30)31-12)7-13(23)20-14-16(25)15(24)11(8-22)29-18(14)27/h2-6,11,14-16,18,22,24-25,27H,7-8H2,1H3,(H,20,23). The molecule has 168 valence electrons. The lowest BCUT2D eigenvalue weighted by Gasteiger charge is -2.40. The number of nitrogens with zero attached hydrogens (tertiary/aromatic N) is 1. The van der Waals surface area contributed by atoms with Gasteiger partial charge in [-0.15, -0.1) is 0 Å². The van der Waals surface area contributed by atoms with Crippen molar-refractivity contribution in [2.24, 2.45) is 0 Å². The number of aliphatic hydroxyl groups excluding tert-OH is 4. The van der Waals surface area contributed by atoms with Crippen molar-refractivity contribution in [3.8, 4) is 5.75 Å². The van der Waals surface area contributed by atoms with Gasteiger partial charge in [-0.1, -0.05) is 36.1 Å². The van der Waals surface area contributed by atoms with Crippen LogP contribution in [-0.2, 0) is 14.3 Å². The van der Waals surface area contributed by atoms with Crippen LogP contribution in [0.2, 0.25) is 0 Å². The van der Waals surface area contributed by atoms with E-state index in [1.165, 1.54) is 0 Å². The van der Waals surface area contributed by atoms with E-state index in [4.69, 9.17) is 26.8 Å². The average molecular weight is 471 g/mol. The number of hydrogen-bond donors (Lipinski definition) is 5. The van der Waals surface area contributed by atoms with Crippen LogP contribution in [0.3, 0.4) is 0 Å². The number of benzene rings is 1. The summed E-state index contributed by atoms with van der Waals surface area (Å²) < 4.78 is 10.3. The molecule has 31 heavy (non-hydrogen) atoms. The first-order valence-corrected chi connectivity index (χ1v) is 10.5. The molecule has 0 aromatic heterocycles. The number of aliphatic hydroxyl groups is 4. The fourth-order valence-corrected chi connectivity index (χ4v) is 4.37. The Labute approximate surface area is 187 Å². The molecule has 2 heterocycles. The van der Waals surface area contributed by atoms with Crippen LogP contribution < -0.4 is 10.1 Å². The zero-order valence-electron chi connectivity index (χ0n) is 16.4. The molecule has 0 bridgehead atoms. The summed E-state index contributed by atoms with van der Waals surface area (Å²) in [5, 5.41) is 41.4. The number of hydrogen-bond acceptors (Lipinski definition) is 10. The van der Waals surface area contributed by atoms with Gasteiger partial charge in [-0.25, -0.2) is 0 Å². The van der Waals surface area contributed by atoms with Crippen LogP contribution in [0.1, 0.15) is 5.56 Å². The third-order valence-corrected chi connectivity index (χ3v) is 6.19. The summed E-state index contributed by atoms with van der Waals surface area (Å²) in [4.78, 5) is 26.5. The molecule has 5 unspecified atom stereocenters. The van der Waals surface area contributed by atoms with Crippen LogP contribution in [0, 0.1) is 0 Å². The van der Waals surface area contributed by atoms with Gasteiger partial charge >= 0.3 is 0 Å². The van der Waals surface area contributed by atoms with Crippen molar-refractivity contribution in [3.05, 3.63) is 34.7 Å². The Morgan fingerprint density at radius 1 is 1.29 bits per heavy atom. The maximum Gasteiger partial charge on any atom is 0.266 e. The van der Waals surface area contributed by atoms with Gasteiger partial charge in [-0.05, 0) is 23.8 Å². The van der Waals surface area contributed by atoms with Gasteiger partial charge in [-0.3, -0.25) is 14.5 Å². The number of ether oxygens (including phenoxy) is 2. The van der Waals surface area contributed by atoms with Gasteiger partial charge in [0.25, 0.3) is 5.91 Å². The number of thiocarbonyl (C=S) groups is 1. The lowest BCUT2D eigenvalue weighted by Crippen LogP contribution is -2.64. The quantitative estimate of drug-likeness (QED) is 0.254. The highest BCUT2D eigenvalue weighted by Crippen LogP contribution is 2.32. The smallest absolute Gasteiger partial charge is 0.266 e. The van der Waals surface area contributed by atoms with Gasteiger partial charge in [0.1, 0.15) is 41.0 Å². The molecule has 10 nitrogen and oxygen atoms in total. The summed E-state index contributed by atoms with van der Waals surface area (Å²) in [6.45, 7) is -1.06. The van der Waals surface area contributed by atoms with Crippen molar-refractivity contribution >= 4 is 46.2 Å². The molecule has 3 rings (SSSR count). The normalized spacial score (nSPS) is 30.0. The molecular weight excluding hydrogens is 448 g/mol. The number of amides is 2. The molecule has 12 heteroatoms. The Morgan fingerprint density at radius 3 is 2.58 bits per heavy atom. The summed E-state index contributed by atoms with van der Waals surface area (Å²) in [5.41, 5.74) is 0.753. The first kappa shape index (κ1) is 23.6. The van der Waals surface area contributed by atoms with Crippen molar-refractivity contribution in [3.63, 3.8) is 0 Å². The third kappa shape index (κ3) is 5.23. The fourth-order valence-electron chi connectivity index (χ4n) is 3.12. The molecule has 2 aliphatic rings. The molecule has 1 aromatic rings. The van der Waals surface area contributed by atoms with Crippen LogP contribution in [-0.4, -0.2) is 92.4 Å². The Balaban J connectivity index is 1.64. The monoisotopic (exact) mass is 470 g/mol. The first-order valence-electron chi connectivity index (χ1n) is 9.24. The van der Waals surface area contributed by atoms with Gasteiger partial charge in [0, 0.05) is 0 Å². The predicted molar refractivity (Wildman–Crippen MR) is 115 cm³/mol. The second kappa shape index (κ2) is 10.0. The summed E-state index contributed by atoms with van der Waals surface area (Å²) in [6.07, 6.45) is -4.29. The number of nitrogens with one attached hydrogen (secondary N) is 1. The molecule has 5 N–H and O–H groups in total. The molecule has 0 radical (unpaired) electrons.